The fourth-order valence-electron chi connectivity index (χ4n) is 5.61. The maximum Gasteiger partial charge on any atom is 0.356 e. The number of aromatic nitrogens is 2. The van der Waals surface area contributed by atoms with Crippen molar-refractivity contribution in [3.05, 3.63) is 53.9 Å². The molecule has 2 saturated heterocycles. The molecule has 1 atom stereocenters. The molecule has 10 nitrogen and oxygen atoms in total. The highest BCUT2D eigenvalue weighted by molar-refractivity contribution is 6.12. The van der Waals surface area contributed by atoms with Crippen molar-refractivity contribution in [2.45, 2.75) is 64.1 Å². The molecule has 2 aliphatic heterocycles. The minimum atomic E-state index is -0.553. The van der Waals surface area contributed by atoms with Crippen molar-refractivity contribution in [2.75, 3.05) is 37.4 Å². The number of likely N-dealkylation sites (tertiary alicyclic amines) is 1. The van der Waals surface area contributed by atoms with Gasteiger partial charge in [-0.3, -0.25) is 9.59 Å². The van der Waals surface area contributed by atoms with Crippen molar-refractivity contribution in [3.63, 3.8) is 0 Å². The molecule has 2 amide bonds. The second-order valence-corrected chi connectivity index (χ2v) is 10.5. The first kappa shape index (κ1) is 27.6. The molecule has 0 radical (unpaired) electrons. The predicted molar refractivity (Wildman–Crippen MR) is 152 cm³/mol. The number of nitrogens with zero attached hydrogens (tertiary/aromatic N) is 3. The molecule has 40 heavy (non-hydrogen) atoms. The van der Waals surface area contributed by atoms with E-state index >= 15 is 0 Å². The summed E-state index contributed by atoms with van der Waals surface area (Å²) in [7, 11) is 1.34. The molecule has 2 N–H and O–H groups in total. The summed E-state index contributed by atoms with van der Waals surface area (Å²) < 4.78 is 12.6. The van der Waals surface area contributed by atoms with Crippen LogP contribution >= 0.6 is 0 Å². The number of hydrogen-bond acceptors (Lipinski definition) is 7. The topological polar surface area (TPSA) is 115 Å². The van der Waals surface area contributed by atoms with Gasteiger partial charge in [0.1, 0.15) is 11.8 Å². The van der Waals surface area contributed by atoms with E-state index in [1.54, 1.807) is 13.1 Å². The van der Waals surface area contributed by atoms with Gasteiger partial charge < -0.3 is 29.6 Å². The summed E-state index contributed by atoms with van der Waals surface area (Å²) in [5.74, 6) is -0.718. The van der Waals surface area contributed by atoms with Crippen LogP contribution in [0.5, 0.6) is 0 Å². The molecule has 3 aromatic rings. The highest BCUT2D eigenvalue weighted by atomic mass is 16.5. The Kier molecular flexibility index (Phi) is 8.64. The Morgan fingerprint density at radius 1 is 1.12 bits per heavy atom. The van der Waals surface area contributed by atoms with Crippen molar-refractivity contribution >= 4 is 40.2 Å². The second kappa shape index (κ2) is 12.5. The van der Waals surface area contributed by atoms with Gasteiger partial charge in [0.25, 0.3) is 5.91 Å². The first-order chi connectivity index (χ1) is 19.4. The van der Waals surface area contributed by atoms with Gasteiger partial charge in [-0.25, -0.2) is 9.78 Å². The van der Waals surface area contributed by atoms with E-state index in [9.17, 15) is 14.4 Å². The van der Waals surface area contributed by atoms with Gasteiger partial charge in [0.15, 0.2) is 5.69 Å². The fourth-order valence-corrected chi connectivity index (χ4v) is 5.61. The summed E-state index contributed by atoms with van der Waals surface area (Å²) in [5, 5.41) is 7.20. The van der Waals surface area contributed by atoms with Crippen LogP contribution in [0, 0.1) is 0 Å². The summed E-state index contributed by atoms with van der Waals surface area (Å²) in [4.78, 5) is 44.6. The summed E-state index contributed by atoms with van der Waals surface area (Å²) in [6, 6.07) is 12.3. The van der Waals surface area contributed by atoms with Crippen LogP contribution in [-0.4, -0.2) is 71.2 Å². The Balaban J connectivity index is 1.46. The number of aryl methyl sites for hydroxylation is 2. The minimum Gasteiger partial charge on any atom is -0.464 e. The van der Waals surface area contributed by atoms with Crippen LogP contribution < -0.4 is 10.6 Å². The standard InChI is InChI=1S/C30H37N5O5/c1-20(36)34-15-12-22(13-16-34)32-23-18-24-26(33-29(37)25-11-7-17-40-25)27(30(38)39-2)35(28(24)31-19-23)14-6-10-21-8-4-3-5-9-21/h3-5,8-9,18-19,22,25,32H,6-7,10-17H2,1-2H3,(H,33,37)/t25-/m1/s1. The molecule has 2 fully saturated rings. The van der Waals surface area contributed by atoms with Crippen LogP contribution in [-0.2, 0) is 32.0 Å². The van der Waals surface area contributed by atoms with Crippen molar-refractivity contribution < 1.29 is 23.9 Å². The van der Waals surface area contributed by atoms with E-state index in [2.05, 4.69) is 22.8 Å². The predicted octanol–water partition coefficient (Wildman–Crippen LogP) is 4.00. The summed E-state index contributed by atoms with van der Waals surface area (Å²) in [5.41, 5.74) is 3.27. The van der Waals surface area contributed by atoms with E-state index in [4.69, 9.17) is 14.5 Å². The number of piperidine rings is 1. The molecule has 2 aromatic heterocycles. The second-order valence-electron chi connectivity index (χ2n) is 10.5. The Hall–Kier alpha value is -3.92. The van der Waals surface area contributed by atoms with E-state index in [1.807, 2.05) is 33.7 Å². The van der Waals surface area contributed by atoms with Crippen LogP contribution in [0.1, 0.15) is 55.1 Å². The number of pyridine rings is 1. The summed E-state index contributed by atoms with van der Waals surface area (Å²) in [6.45, 7) is 4.07. The Labute approximate surface area is 234 Å². The van der Waals surface area contributed by atoms with Gasteiger partial charge in [-0.15, -0.1) is 0 Å². The highest BCUT2D eigenvalue weighted by Gasteiger charge is 2.30. The molecule has 4 heterocycles. The average molecular weight is 548 g/mol. The van der Waals surface area contributed by atoms with Crippen LogP contribution in [0.4, 0.5) is 11.4 Å². The monoisotopic (exact) mass is 547 g/mol. The van der Waals surface area contributed by atoms with Crippen molar-refractivity contribution in [1.82, 2.24) is 14.5 Å². The Morgan fingerprint density at radius 3 is 2.58 bits per heavy atom. The Morgan fingerprint density at radius 2 is 1.90 bits per heavy atom. The lowest BCUT2D eigenvalue weighted by Crippen LogP contribution is -2.41. The van der Waals surface area contributed by atoms with Crippen LogP contribution in [0.25, 0.3) is 11.0 Å². The van der Waals surface area contributed by atoms with Gasteiger partial charge in [0, 0.05) is 44.6 Å². The third kappa shape index (κ3) is 6.12. The molecule has 0 aliphatic carbocycles. The molecule has 10 heteroatoms. The van der Waals surface area contributed by atoms with E-state index in [-0.39, 0.29) is 23.6 Å². The number of rotatable bonds is 9. The zero-order valence-corrected chi connectivity index (χ0v) is 23.2. The zero-order chi connectivity index (χ0) is 28.1. The number of anilines is 2. The van der Waals surface area contributed by atoms with E-state index < -0.39 is 12.1 Å². The molecule has 0 spiro atoms. The Bertz CT molecular complexity index is 1360. The lowest BCUT2D eigenvalue weighted by atomic mass is 10.0. The zero-order valence-electron chi connectivity index (χ0n) is 23.2. The lowest BCUT2D eigenvalue weighted by Gasteiger charge is -2.32. The van der Waals surface area contributed by atoms with E-state index in [1.165, 1.54) is 12.7 Å². The van der Waals surface area contributed by atoms with Gasteiger partial charge in [0.05, 0.1) is 24.7 Å². The number of esters is 1. The van der Waals surface area contributed by atoms with Crippen molar-refractivity contribution in [2.24, 2.45) is 0 Å². The highest BCUT2D eigenvalue weighted by Crippen LogP contribution is 2.34. The number of amides is 2. The van der Waals surface area contributed by atoms with E-state index in [0.717, 1.165) is 37.8 Å². The number of hydrogen-bond donors (Lipinski definition) is 2. The third-order valence-electron chi connectivity index (χ3n) is 7.75. The number of carbonyl (C=O) groups excluding carboxylic acids is 3. The lowest BCUT2D eigenvalue weighted by molar-refractivity contribution is -0.129. The normalized spacial score (nSPS) is 17.6. The third-order valence-corrected chi connectivity index (χ3v) is 7.75. The molecular weight excluding hydrogens is 510 g/mol. The fraction of sp³-hybridized carbons (Fsp3) is 0.467. The molecule has 1 aromatic carbocycles. The summed E-state index contributed by atoms with van der Waals surface area (Å²) >= 11 is 0. The maximum atomic E-state index is 13.2. The van der Waals surface area contributed by atoms with Gasteiger partial charge in [-0.1, -0.05) is 30.3 Å². The van der Waals surface area contributed by atoms with Gasteiger partial charge in [0.2, 0.25) is 5.91 Å². The largest absolute Gasteiger partial charge is 0.464 e. The summed E-state index contributed by atoms with van der Waals surface area (Å²) in [6.07, 6.45) is 5.93. The van der Waals surface area contributed by atoms with Gasteiger partial charge >= 0.3 is 5.97 Å². The quantitative estimate of drug-likeness (QED) is 0.389. The first-order valence-corrected chi connectivity index (χ1v) is 14.0. The number of nitrogens with one attached hydrogen (secondary N) is 2. The number of carbonyl (C=O) groups is 3. The molecule has 0 saturated carbocycles. The van der Waals surface area contributed by atoms with Crippen LogP contribution in [0.2, 0.25) is 0 Å². The van der Waals surface area contributed by atoms with Gasteiger partial charge in [-0.05, 0) is 50.2 Å². The van der Waals surface area contributed by atoms with Crippen LogP contribution in [0.15, 0.2) is 42.6 Å². The van der Waals surface area contributed by atoms with E-state index in [0.29, 0.717) is 49.4 Å². The molecule has 0 unspecified atom stereocenters. The number of methoxy groups -OCH3 is 1. The molecule has 2 aliphatic rings. The molecule has 0 bridgehead atoms. The smallest absolute Gasteiger partial charge is 0.356 e. The van der Waals surface area contributed by atoms with Crippen molar-refractivity contribution in [1.29, 1.82) is 0 Å². The first-order valence-electron chi connectivity index (χ1n) is 14.0. The SMILES string of the molecule is COC(=O)c1c(NC(=O)[C@H]2CCCO2)c2cc(NC3CCN(C(C)=O)CC3)cnc2n1CCCc1ccccc1. The molecular formula is C30H37N5O5. The van der Waals surface area contributed by atoms with Crippen LogP contribution in [0.3, 0.4) is 0 Å². The van der Waals surface area contributed by atoms with Crippen molar-refractivity contribution in [3.8, 4) is 0 Å². The maximum absolute atomic E-state index is 13.2. The number of ether oxygens (including phenoxy) is 2. The number of fused-ring (bicyclic) bond motifs is 1. The minimum absolute atomic E-state index is 0.0945. The van der Waals surface area contributed by atoms with Gasteiger partial charge in [-0.2, -0.15) is 0 Å². The molecule has 212 valence electrons. The number of benzene rings is 1. The average Bonchev–Trinajstić information content (AvgIpc) is 3.61. The molecule has 5 rings (SSSR count).